The monoisotopic (exact) mass is 182 g/mol. The fourth-order valence-corrected chi connectivity index (χ4v) is 2.62. The minimum Gasteiger partial charge on any atom is -0.367 e. The predicted molar refractivity (Wildman–Crippen MR) is 50.6 cm³/mol. The van der Waals surface area contributed by atoms with Crippen LogP contribution < -0.4 is 0 Å². The second kappa shape index (κ2) is 3.41. The first-order valence-electron chi connectivity index (χ1n) is 5.40. The third-order valence-electron chi connectivity index (χ3n) is 3.40. The van der Waals surface area contributed by atoms with Crippen LogP contribution in [0.25, 0.3) is 0 Å². The third-order valence-corrected chi connectivity index (χ3v) is 3.40. The molecule has 0 amide bonds. The highest BCUT2D eigenvalue weighted by atomic mass is 16.5. The topological polar surface area (TPSA) is 26.3 Å². The molecule has 13 heavy (non-hydrogen) atoms. The molecule has 0 radical (unpaired) electrons. The van der Waals surface area contributed by atoms with Gasteiger partial charge in [0.05, 0.1) is 0 Å². The summed E-state index contributed by atoms with van der Waals surface area (Å²) in [6.07, 6.45) is 6.02. The molecule has 1 heterocycles. The lowest BCUT2D eigenvalue weighted by Gasteiger charge is -2.41. The lowest BCUT2D eigenvalue weighted by Crippen LogP contribution is -2.48. The summed E-state index contributed by atoms with van der Waals surface area (Å²) in [7, 11) is 0. The van der Waals surface area contributed by atoms with Gasteiger partial charge in [0.15, 0.2) is 5.78 Å². The highest BCUT2D eigenvalue weighted by molar-refractivity contribution is 5.88. The van der Waals surface area contributed by atoms with Crippen LogP contribution in [0.3, 0.4) is 0 Å². The Labute approximate surface area is 79.7 Å². The van der Waals surface area contributed by atoms with E-state index in [-0.39, 0.29) is 5.60 Å². The number of carbonyl (C=O) groups excluding carboxylic acids is 1. The molecule has 2 fully saturated rings. The highest BCUT2D eigenvalue weighted by Gasteiger charge is 2.43. The third kappa shape index (κ3) is 1.64. The second-order valence-electron chi connectivity index (χ2n) is 4.57. The van der Waals surface area contributed by atoms with E-state index < -0.39 is 0 Å². The molecule has 1 saturated heterocycles. The molecule has 0 aromatic carbocycles. The average Bonchev–Trinajstić information content (AvgIpc) is 2.14. The Kier molecular flexibility index (Phi) is 2.41. The summed E-state index contributed by atoms with van der Waals surface area (Å²) in [6, 6.07) is 0. The van der Waals surface area contributed by atoms with Gasteiger partial charge in [0.25, 0.3) is 0 Å². The fourth-order valence-electron chi connectivity index (χ4n) is 2.62. The van der Waals surface area contributed by atoms with Crippen LogP contribution in [0.4, 0.5) is 0 Å². The van der Waals surface area contributed by atoms with E-state index in [2.05, 4.69) is 6.92 Å². The van der Waals surface area contributed by atoms with Gasteiger partial charge in [-0.1, -0.05) is 6.92 Å². The van der Waals surface area contributed by atoms with Crippen LogP contribution in [0, 0.1) is 5.92 Å². The Balaban J connectivity index is 2.11. The molecule has 1 aliphatic heterocycles. The summed E-state index contributed by atoms with van der Waals surface area (Å²) in [4.78, 5) is 11.8. The largest absolute Gasteiger partial charge is 0.367 e. The molecule has 1 aliphatic carbocycles. The van der Waals surface area contributed by atoms with Crippen LogP contribution in [0.15, 0.2) is 0 Å². The van der Waals surface area contributed by atoms with Gasteiger partial charge >= 0.3 is 0 Å². The number of ether oxygens (including phenoxy) is 1. The predicted octanol–water partition coefficient (Wildman–Crippen LogP) is 2.31. The quantitative estimate of drug-likeness (QED) is 0.574. The number of hydrogen-bond acceptors (Lipinski definition) is 2. The van der Waals surface area contributed by atoms with Crippen LogP contribution in [0.2, 0.25) is 0 Å². The Hall–Kier alpha value is -0.370. The van der Waals surface area contributed by atoms with Crippen LogP contribution in [-0.2, 0) is 9.53 Å². The first-order valence-corrected chi connectivity index (χ1v) is 5.40. The SMILES string of the molecule is C[C@@H]1CCC(=O)[C@@]2(CCCCO2)C1. The molecule has 0 aromatic heterocycles. The van der Waals surface area contributed by atoms with Gasteiger partial charge in [-0.05, 0) is 38.0 Å². The van der Waals surface area contributed by atoms with E-state index >= 15 is 0 Å². The number of rotatable bonds is 0. The molecule has 0 bridgehead atoms. The van der Waals surface area contributed by atoms with Crippen LogP contribution in [-0.4, -0.2) is 18.0 Å². The maximum Gasteiger partial charge on any atom is 0.164 e. The zero-order chi connectivity index (χ0) is 9.31. The van der Waals surface area contributed by atoms with Crippen molar-refractivity contribution in [2.75, 3.05) is 6.61 Å². The zero-order valence-corrected chi connectivity index (χ0v) is 8.34. The minimum absolute atomic E-state index is 0.351. The van der Waals surface area contributed by atoms with Crippen molar-refractivity contribution in [2.24, 2.45) is 5.92 Å². The van der Waals surface area contributed by atoms with E-state index in [4.69, 9.17) is 4.74 Å². The van der Waals surface area contributed by atoms with Crippen molar-refractivity contribution in [3.8, 4) is 0 Å². The van der Waals surface area contributed by atoms with Gasteiger partial charge in [0, 0.05) is 13.0 Å². The van der Waals surface area contributed by atoms with E-state index in [0.717, 1.165) is 38.7 Å². The smallest absolute Gasteiger partial charge is 0.164 e. The molecular weight excluding hydrogens is 164 g/mol. The fraction of sp³-hybridized carbons (Fsp3) is 0.909. The molecule has 2 heteroatoms. The van der Waals surface area contributed by atoms with Crippen molar-refractivity contribution in [3.63, 3.8) is 0 Å². The molecular formula is C11H18O2. The minimum atomic E-state index is -0.351. The molecule has 2 atom stereocenters. The van der Waals surface area contributed by atoms with Crippen molar-refractivity contribution >= 4 is 5.78 Å². The van der Waals surface area contributed by atoms with Crippen molar-refractivity contribution < 1.29 is 9.53 Å². The highest BCUT2D eigenvalue weighted by Crippen LogP contribution is 2.38. The molecule has 0 unspecified atom stereocenters. The lowest BCUT2D eigenvalue weighted by atomic mass is 9.74. The van der Waals surface area contributed by atoms with Gasteiger partial charge in [-0.15, -0.1) is 0 Å². The van der Waals surface area contributed by atoms with Gasteiger partial charge in [0.1, 0.15) is 5.60 Å². The standard InChI is InChI=1S/C11H18O2/c1-9-4-5-10(12)11(8-9)6-2-3-7-13-11/h9H,2-8H2,1H3/t9-,11-/m1/s1. The first-order chi connectivity index (χ1) is 6.23. The summed E-state index contributed by atoms with van der Waals surface area (Å²) < 4.78 is 5.74. The number of ketones is 1. The molecule has 1 spiro atoms. The summed E-state index contributed by atoms with van der Waals surface area (Å²) in [5.41, 5.74) is -0.351. The van der Waals surface area contributed by atoms with Gasteiger partial charge in [-0.2, -0.15) is 0 Å². The Morgan fingerprint density at radius 2 is 2.31 bits per heavy atom. The van der Waals surface area contributed by atoms with Crippen LogP contribution in [0.1, 0.15) is 45.4 Å². The first kappa shape index (κ1) is 9.20. The van der Waals surface area contributed by atoms with E-state index in [1.807, 2.05) is 0 Å². The summed E-state index contributed by atoms with van der Waals surface area (Å²) in [5.74, 6) is 1.03. The van der Waals surface area contributed by atoms with Crippen LogP contribution >= 0.6 is 0 Å². The molecule has 2 rings (SSSR count). The van der Waals surface area contributed by atoms with Gasteiger partial charge in [-0.3, -0.25) is 4.79 Å². The van der Waals surface area contributed by atoms with Gasteiger partial charge < -0.3 is 4.74 Å². The number of hydrogen-bond donors (Lipinski definition) is 0. The molecule has 0 N–H and O–H groups in total. The Morgan fingerprint density at radius 3 is 3.00 bits per heavy atom. The van der Waals surface area contributed by atoms with Gasteiger partial charge in [-0.25, -0.2) is 0 Å². The summed E-state index contributed by atoms with van der Waals surface area (Å²) >= 11 is 0. The zero-order valence-electron chi connectivity index (χ0n) is 8.34. The second-order valence-corrected chi connectivity index (χ2v) is 4.57. The van der Waals surface area contributed by atoms with Crippen molar-refractivity contribution in [1.82, 2.24) is 0 Å². The van der Waals surface area contributed by atoms with Gasteiger partial charge in [0.2, 0.25) is 0 Å². The Bertz CT molecular complexity index is 204. The number of carbonyl (C=O) groups is 1. The Morgan fingerprint density at radius 1 is 1.46 bits per heavy atom. The maximum absolute atomic E-state index is 11.8. The van der Waals surface area contributed by atoms with Crippen molar-refractivity contribution in [1.29, 1.82) is 0 Å². The molecule has 0 aromatic rings. The molecule has 1 saturated carbocycles. The summed E-state index contributed by atoms with van der Waals surface area (Å²) in [5, 5.41) is 0. The van der Waals surface area contributed by atoms with Crippen molar-refractivity contribution in [3.05, 3.63) is 0 Å². The molecule has 2 aliphatic rings. The molecule has 74 valence electrons. The van der Waals surface area contributed by atoms with Crippen LogP contribution in [0.5, 0.6) is 0 Å². The van der Waals surface area contributed by atoms with E-state index in [1.54, 1.807) is 0 Å². The summed E-state index contributed by atoms with van der Waals surface area (Å²) in [6.45, 7) is 3.02. The average molecular weight is 182 g/mol. The number of Topliss-reactive ketones (excluding diaryl/α,β-unsaturated/α-hetero) is 1. The van der Waals surface area contributed by atoms with E-state index in [1.165, 1.54) is 6.42 Å². The van der Waals surface area contributed by atoms with E-state index in [9.17, 15) is 4.79 Å². The normalized spacial score (nSPS) is 41.0. The maximum atomic E-state index is 11.8. The van der Waals surface area contributed by atoms with Crippen molar-refractivity contribution in [2.45, 2.75) is 51.0 Å². The molecule has 2 nitrogen and oxygen atoms in total. The van der Waals surface area contributed by atoms with E-state index in [0.29, 0.717) is 11.7 Å². The lowest BCUT2D eigenvalue weighted by molar-refractivity contribution is -0.159.